The monoisotopic (exact) mass is 304 g/mol. The maximum Gasteiger partial charge on any atom is 0.141 e. The number of hydrogen-bond acceptors (Lipinski definition) is 2. The van der Waals surface area contributed by atoms with Crippen LogP contribution >= 0.6 is 11.8 Å². The lowest BCUT2D eigenvalue weighted by Crippen LogP contribution is -2.29. The quantitative estimate of drug-likeness (QED) is 0.710. The molecule has 1 aliphatic rings. The highest BCUT2D eigenvalue weighted by Crippen LogP contribution is 2.46. The van der Waals surface area contributed by atoms with E-state index >= 15 is 0 Å². The average Bonchev–Trinajstić information content (AvgIpc) is 2.73. The molecule has 0 unspecified atom stereocenters. The summed E-state index contributed by atoms with van der Waals surface area (Å²) in [5.41, 5.74) is 2.96. The van der Waals surface area contributed by atoms with E-state index in [1.165, 1.54) is 5.56 Å². The molecule has 1 nitrogen and oxygen atoms in total. The Balaban J connectivity index is 2.08. The van der Waals surface area contributed by atoms with Gasteiger partial charge in [0.15, 0.2) is 0 Å². The molecule has 0 saturated heterocycles. The van der Waals surface area contributed by atoms with Crippen LogP contribution in [0.25, 0.3) is 0 Å². The topological polar surface area (TPSA) is 20.2 Å². The molecule has 1 N–H and O–H groups in total. The van der Waals surface area contributed by atoms with Crippen molar-refractivity contribution in [1.29, 1.82) is 0 Å². The predicted octanol–water partition coefficient (Wildman–Crippen LogP) is 4.58. The fourth-order valence-corrected chi connectivity index (χ4v) is 4.29. The van der Waals surface area contributed by atoms with Gasteiger partial charge in [-0.2, -0.15) is 0 Å². The van der Waals surface area contributed by atoms with Gasteiger partial charge < -0.3 is 5.11 Å². The van der Waals surface area contributed by atoms with Crippen LogP contribution in [0.5, 0.6) is 0 Å². The van der Waals surface area contributed by atoms with Crippen molar-refractivity contribution in [1.82, 2.24) is 0 Å². The first-order valence-corrected chi connectivity index (χ1v) is 8.37. The Bertz CT molecular complexity index is 763. The van der Waals surface area contributed by atoms with Crippen LogP contribution in [0.4, 0.5) is 0 Å². The van der Waals surface area contributed by atoms with E-state index in [4.69, 9.17) is 0 Å². The molecular weight excluding hydrogens is 288 g/mol. The van der Waals surface area contributed by atoms with Gasteiger partial charge in [0, 0.05) is 16.2 Å². The summed E-state index contributed by atoms with van der Waals surface area (Å²) in [6.07, 6.45) is 0. The molecule has 0 fully saturated rings. The highest BCUT2D eigenvalue weighted by molar-refractivity contribution is 7.98. The molecule has 1 atom stereocenters. The maximum absolute atomic E-state index is 11.8. The van der Waals surface area contributed by atoms with Gasteiger partial charge in [-0.25, -0.2) is 0 Å². The van der Waals surface area contributed by atoms with Gasteiger partial charge in [-0.1, -0.05) is 72.8 Å². The summed E-state index contributed by atoms with van der Waals surface area (Å²) in [6.45, 7) is 0. The number of benzene rings is 3. The third kappa shape index (κ3) is 1.99. The van der Waals surface area contributed by atoms with E-state index in [-0.39, 0.29) is 0 Å². The standard InChI is InChI=1S/C20H16OS/c21-20(16-9-2-1-3-10-16)17-11-5-4-8-15(17)14-22-19-13-7-6-12-18(19)20/h1-13,21H,14H2/t20-/m0/s1. The molecule has 0 radical (unpaired) electrons. The Kier molecular flexibility index (Phi) is 3.29. The highest BCUT2D eigenvalue weighted by atomic mass is 32.2. The lowest BCUT2D eigenvalue weighted by molar-refractivity contribution is 0.122. The fraction of sp³-hybridized carbons (Fsp3) is 0.100. The van der Waals surface area contributed by atoms with Crippen molar-refractivity contribution in [3.8, 4) is 0 Å². The van der Waals surface area contributed by atoms with Crippen LogP contribution in [0.2, 0.25) is 0 Å². The molecule has 0 spiro atoms. The fourth-order valence-electron chi connectivity index (χ4n) is 3.18. The second-order valence-electron chi connectivity index (χ2n) is 5.52. The number of aliphatic hydroxyl groups is 1. The van der Waals surface area contributed by atoms with Crippen molar-refractivity contribution in [3.63, 3.8) is 0 Å². The van der Waals surface area contributed by atoms with E-state index in [1.807, 2.05) is 66.7 Å². The van der Waals surface area contributed by atoms with E-state index in [1.54, 1.807) is 11.8 Å². The van der Waals surface area contributed by atoms with Crippen LogP contribution in [-0.2, 0) is 11.4 Å². The molecule has 108 valence electrons. The lowest BCUT2D eigenvalue weighted by Gasteiger charge is -2.31. The van der Waals surface area contributed by atoms with Gasteiger partial charge in [0.1, 0.15) is 5.60 Å². The zero-order valence-electron chi connectivity index (χ0n) is 12.1. The van der Waals surface area contributed by atoms with E-state index in [2.05, 4.69) is 12.1 Å². The first-order valence-electron chi connectivity index (χ1n) is 7.39. The summed E-state index contributed by atoms with van der Waals surface area (Å²) >= 11 is 1.79. The van der Waals surface area contributed by atoms with Gasteiger partial charge in [-0.3, -0.25) is 0 Å². The van der Waals surface area contributed by atoms with Gasteiger partial charge in [-0.05, 0) is 22.8 Å². The van der Waals surface area contributed by atoms with Crippen molar-refractivity contribution in [3.05, 3.63) is 101 Å². The van der Waals surface area contributed by atoms with Crippen molar-refractivity contribution >= 4 is 11.8 Å². The van der Waals surface area contributed by atoms with Crippen LogP contribution in [0, 0.1) is 0 Å². The number of fused-ring (bicyclic) bond motifs is 2. The third-order valence-electron chi connectivity index (χ3n) is 4.26. The van der Waals surface area contributed by atoms with Crippen molar-refractivity contribution in [2.75, 3.05) is 0 Å². The molecule has 3 aromatic rings. The SMILES string of the molecule is O[C@@]1(c2ccccc2)c2ccccc2CSc2ccccc21. The predicted molar refractivity (Wildman–Crippen MR) is 91.0 cm³/mol. The minimum absolute atomic E-state index is 0.877. The van der Waals surface area contributed by atoms with Crippen LogP contribution in [0.15, 0.2) is 83.8 Å². The zero-order chi connectivity index (χ0) is 15.0. The summed E-state index contributed by atoms with van der Waals surface area (Å²) in [6, 6.07) is 26.3. The Hall–Kier alpha value is -2.03. The van der Waals surface area contributed by atoms with Crippen molar-refractivity contribution in [2.45, 2.75) is 16.2 Å². The largest absolute Gasteiger partial charge is 0.376 e. The molecule has 1 heterocycles. The number of rotatable bonds is 1. The molecule has 0 aromatic heterocycles. The summed E-state index contributed by atoms with van der Waals surface area (Å²) < 4.78 is 0. The van der Waals surface area contributed by atoms with Crippen LogP contribution < -0.4 is 0 Å². The molecule has 3 aromatic carbocycles. The molecule has 2 heteroatoms. The summed E-state index contributed by atoms with van der Waals surface area (Å²) in [5, 5.41) is 11.8. The maximum atomic E-state index is 11.8. The van der Waals surface area contributed by atoms with Gasteiger partial charge in [0.25, 0.3) is 0 Å². The Morgan fingerprint density at radius 2 is 1.36 bits per heavy atom. The van der Waals surface area contributed by atoms with Crippen molar-refractivity contribution < 1.29 is 5.11 Å². The van der Waals surface area contributed by atoms with E-state index in [9.17, 15) is 5.11 Å². The Morgan fingerprint density at radius 1 is 0.727 bits per heavy atom. The van der Waals surface area contributed by atoms with Crippen LogP contribution in [-0.4, -0.2) is 5.11 Å². The third-order valence-corrected chi connectivity index (χ3v) is 5.38. The Morgan fingerprint density at radius 3 is 2.18 bits per heavy atom. The smallest absolute Gasteiger partial charge is 0.141 e. The van der Waals surface area contributed by atoms with Gasteiger partial charge in [-0.15, -0.1) is 11.8 Å². The van der Waals surface area contributed by atoms with E-state index in [0.29, 0.717) is 0 Å². The second kappa shape index (κ2) is 5.31. The lowest BCUT2D eigenvalue weighted by atomic mass is 9.79. The zero-order valence-corrected chi connectivity index (χ0v) is 12.9. The van der Waals surface area contributed by atoms with Crippen molar-refractivity contribution in [2.24, 2.45) is 0 Å². The minimum Gasteiger partial charge on any atom is -0.376 e. The van der Waals surface area contributed by atoms with Gasteiger partial charge in [0.2, 0.25) is 0 Å². The second-order valence-corrected chi connectivity index (χ2v) is 6.54. The molecule has 4 rings (SSSR count). The Labute approximate surface area is 134 Å². The average molecular weight is 304 g/mol. The van der Waals surface area contributed by atoms with Gasteiger partial charge in [0.05, 0.1) is 0 Å². The first kappa shape index (κ1) is 13.6. The van der Waals surface area contributed by atoms with E-state index in [0.717, 1.165) is 27.3 Å². The molecule has 0 saturated carbocycles. The van der Waals surface area contributed by atoms with Gasteiger partial charge >= 0.3 is 0 Å². The normalized spacial score (nSPS) is 19.9. The molecular formula is C20H16OS. The summed E-state index contributed by atoms with van der Waals surface area (Å²) in [4.78, 5) is 1.14. The number of hydrogen-bond donors (Lipinski definition) is 1. The number of thioether (sulfide) groups is 1. The van der Waals surface area contributed by atoms with Crippen LogP contribution in [0.1, 0.15) is 22.3 Å². The van der Waals surface area contributed by atoms with E-state index < -0.39 is 5.60 Å². The molecule has 1 aliphatic heterocycles. The minimum atomic E-state index is -1.10. The highest BCUT2D eigenvalue weighted by Gasteiger charge is 2.38. The first-order chi connectivity index (χ1) is 10.8. The molecule has 0 bridgehead atoms. The van der Waals surface area contributed by atoms with Crippen LogP contribution in [0.3, 0.4) is 0 Å². The molecule has 0 amide bonds. The summed E-state index contributed by atoms with van der Waals surface area (Å²) in [5.74, 6) is 0.877. The summed E-state index contributed by atoms with van der Waals surface area (Å²) in [7, 11) is 0. The molecule has 0 aliphatic carbocycles. The molecule has 22 heavy (non-hydrogen) atoms.